The van der Waals surface area contributed by atoms with Gasteiger partial charge in [0, 0.05) is 44.0 Å². The Labute approximate surface area is 175 Å². The molecule has 4 heterocycles. The van der Waals surface area contributed by atoms with Crippen molar-refractivity contribution in [1.29, 1.82) is 0 Å². The fourth-order valence-corrected chi connectivity index (χ4v) is 4.08. The number of aliphatic hydroxyl groups is 1. The third-order valence-corrected chi connectivity index (χ3v) is 6.48. The molecule has 3 aromatic heterocycles. The number of fused-ring (bicyclic) bond motifs is 1. The molecule has 0 aromatic carbocycles. The maximum absolute atomic E-state index is 13.1. The molecule has 9 heteroatoms. The topological polar surface area (TPSA) is 118 Å². The van der Waals surface area contributed by atoms with E-state index in [-0.39, 0.29) is 23.3 Å². The molecule has 1 saturated heterocycles. The summed E-state index contributed by atoms with van der Waals surface area (Å²) in [6.45, 7) is 9.62. The standard InChI is InChI=1S/C21H31N7O2/c1-12(2)13(3)28-11-14(18-17(20(28)29)19(22)24-23-18)15-10-16(26(5)25-15)27-8-6-21(4,30)7-9-27/h10-13,30H,6-9H2,1-5H3,(H3,22,23,24)/t13-/m0/s1. The highest BCUT2D eigenvalue weighted by Crippen LogP contribution is 2.32. The minimum Gasteiger partial charge on any atom is -0.390 e. The normalized spacial score (nSPS) is 17.8. The van der Waals surface area contributed by atoms with Crippen LogP contribution in [-0.2, 0) is 7.05 Å². The largest absolute Gasteiger partial charge is 0.390 e. The first-order valence-electron chi connectivity index (χ1n) is 10.5. The Morgan fingerprint density at radius 3 is 2.57 bits per heavy atom. The molecular formula is C21H31N7O2. The zero-order valence-corrected chi connectivity index (χ0v) is 18.3. The highest BCUT2D eigenvalue weighted by Gasteiger charge is 2.29. The summed E-state index contributed by atoms with van der Waals surface area (Å²) in [6.07, 6.45) is 3.29. The number of hydrogen-bond acceptors (Lipinski definition) is 6. The Hall–Kier alpha value is -2.81. The minimum absolute atomic E-state index is 0.00228. The molecule has 0 unspecified atom stereocenters. The van der Waals surface area contributed by atoms with E-state index in [1.807, 2.05) is 37.8 Å². The van der Waals surface area contributed by atoms with Gasteiger partial charge in [0.05, 0.1) is 16.8 Å². The molecule has 1 fully saturated rings. The van der Waals surface area contributed by atoms with Crippen LogP contribution in [0.1, 0.15) is 46.6 Å². The Balaban J connectivity index is 1.82. The number of aryl methyl sites for hydroxylation is 1. The molecule has 1 atom stereocenters. The zero-order valence-electron chi connectivity index (χ0n) is 18.3. The highest BCUT2D eigenvalue weighted by molar-refractivity contribution is 5.97. The first-order chi connectivity index (χ1) is 14.1. The lowest BCUT2D eigenvalue weighted by Crippen LogP contribution is -2.43. The monoisotopic (exact) mass is 413 g/mol. The highest BCUT2D eigenvalue weighted by atomic mass is 16.3. The fraction of sp³-hybridized carbons (Fsp3) is 0.571. The number of hydrogen-bond donors (Lipinski definition) is 3. The maximum atomic E-state index is 13.1. The number of nitrogens with zero attached hydrogens (tertiary/aromatic N) is 5. The van der Waals surface area contributed by atoms with Crippen LogP contribution in [0.5, 0.6) is 0 Å². The number of nitrogens with two attached hydrogens (primary N) is 1. The van der Waals surface area contributed by atoms with Crippen molar-refractivity contribution in [2.75, 3.05) is 23.7 Å². The van der Waals surface area contributed by atoms with Crippen molar-refractivity contribution in [3.05, 3.63) is 22.6 Å². The van der Waals surface area contributed by atoms with Crippen molar-refractivity contribution in [3.63, 3.8) is 0 Å². The van der Waals surface area contributed by atoms with Crippen LogP contribution in [0.25, 0.3) is 22.2 Å². The van der Waals surface area contributed by atoms with Gasteiger partial charge in [0.25, 0.3) is 5.56 Å². The second-order valence-electron chi connectivity index (χ2n) is 9.09. The van der Waals surface area contributed by atoms with Gasteiger partial charge in [0.1, 0.15) is 11.2 Å². The van der Waals surface area contributed by atoms with Crippen LogP contribution in [0, 0.1) is 5.92 Å². The van der Waals surface area contributed by atoms with Gasteiger partial charge in [-0.15, -0.1) is 0 Å². The van der Waals surface area contributed by atoms with Gasteiger partial charge in [-0.05, 0) is 32.6 Å². The number of aromatic nitrogens is 5. The summed E-state index contributed by atoms with van der Waals surface area (Å²) in [5.74, 6) is 1.47. The van der Waals surface area contributed by atoms with E-state index in [0.717, 1.165) is 30.2 Å². The number of rotatable bonds is 4. The van der Waals surface area contributed by atoms with Gasteiger partial charge in [-0.1, -0.05) is 13.8 Å². The molecule has 0 saturated carbocycles. The predicted octanol–water partition coefficient (Wildman–Crippen LogP) is 2.28. The number of H-pyrrole nitrogens is 1. The van der Waals surface area contributed by atoms with Crippen LogP contribution in [-0.4, -0.2) is 48.3 Å². The number of pyridine rings is 1. The molecule has 0 bridgehead atoms. The van der Waals surface area contributed by atoms with Crippen LogP contribution < -0.4 is 16.2 Å². The van der Waals surface area contributed by atoms with Crippen molar-refractivity contribution in [2.45, 2.75) is 52.2 Å². The van der Waals surface area contributed by atoms with E-state index < -0.39 is 5.60 Å². The van der Waals surface area contributed by atoms with Crippen LogP contribution in [0.15, 0.2) is 17.1 Å². The van der Waals surface area contributed by atoms with Gasteiger partial charge in [-0.3, -0.25) is 14.6 Å². The van der Waals surface area contributed by atoms with Crippen LogP contribution in [0.3, 0.4) is 0 Å². The summed E-state index contributed by atoms with van der Waals surface area (Å²) in [6, 6.07) is 2.03. The van der Waals surface area contributed by atoms with Gasteiger partial charge in [0.2, 0.25) is 0 Å². The van der Waals surface area contributed by atoms with Gasteiger partial charge >= 0.3 is 0 Å². The van der Waals surface area contributed by atoms with Crippen LogP contribution in [0.4, 0.5) is 11.6 Å². The molecule has 162 valence electrons. The molecule has 4 rings (SSSR count). The molecule has 9 nitrogen and oxygen atoms in total. The minimum atomic E-state index is -0.611. The lowest BCUT2D eigenvalue weighted by atomic mass is 9.94. The van der Waals surface area contributed by atoms with E-state index in [1.165, 1.54) is 0 Å². The molecule has 1 aliphatic rings. The lowest BCUT2D eigenvalue weighted by Gasteiger charge is -2.36. The van der Waals surface area contributed by atoms with Crippen LogP contribution >= 0.6 is 0 Å². The number of aromatic amines is 1. The second kappa shape index (κ2) is 7.16. The lowest BCUT2D eigenvalue weighted by molar-refractivity contribution is 0.0349. The average molecular weight is 414 g/mol. The van der Waals surface area contributed by atoms with Crippen molar-refractivity contribution in [3.8, 4) is 11.3 Å². The van der Waals surface area contributed by atoms with Crippen molar-refractivity contribution in [2.24, 2.45) is 13.0 Å². The number of piperidine rings is 1. The third kappa shape index (κ3) is 3.36. The summed E-state index contributed by atoms with van der Waals surface area (Å²) in [7, 11) is 1.91. The van der Waals surface area contributed by atoms with Crippen molar-refractivity contribution >= 4 is 22.5 Å². The van der Waals surface area contributed by atoms with E-state index in [2.05, 4.69) is 28.9 Å². The summed E-state index contributed by atoms with van der Waals surface area (Å²) in [4.78, 5) is 15.3. The van der Waals surface area contributed by atoms with E-state index in [0.29, 0.717) is 23.7 Å². The molecule has 0 spiro atoms. The van der Waals surface area contributed by atoms with E-state index in [9.17, 15) is 9.90 Å². The van der Waals surface area contributed by atoms with Gasteiger partial charge in [-0.2, -0.15) is 10.2 Å². The summed E-state index contributed by atoms with van der Waals surface area (Å²) < 4.78 is 3.59. The number of nitrogens with one attached hydrogen (secondary N) is 1. The molecule has 3 aromatic rings. The first-order valence-corrected chi connectivity index (χ1v) is 10.5. The maximum Gasteiger partial charge on any atom is 0.264 e. The SMILES string of the molecule is CC(C)[C@H](C)n1cc(-c2cc(N3CCC(C)(O)CC3)n(C)n2)c2[nH]nc(N)c2c1=O. The summed E-state index contributed by atoms with van der Waals surface area (Å²) >= 11 is 0. The Morgan fingerprint density at radius 1 is 1.27 bits per heavy atom. The third-order valence-electron chi connectivity index (χ3n) is 6.48. The van der Waals surface area contributed by atoms with Crippen molar-refractivity contribution < 1.29 is 5.11 Å². The molecule has 30 heavy (non-hydrogen) atoms. The molecule has 1 aliphatic heterocycles. The molecule has 0 radical (unpaired) electrons. The molecule has 0 aliphatic carbocycles. The van der Waals surface area contributed by atoms with Gasteiger partial charge in [-0.25, -0.2) is 0 Å². The first kappa shape index (κ1) is 20.5. The predicted molar refractivity (Wildman–Crippen MR) is 119 cm³/mol. The quantitative estimate of drug-likeness (QED) is 0.604. The average Bonchev–Trinajstić information content (AvgIpc) is 3.25. The number of anilines is 2. The Bertz CT molecular complexity index is 1130. The molecule has 4 N–H and O–H groups in total. The van der Waals surface area contributed by atoms with Crippen LogP contribution in [0.2, 0.25) is 0 Å². The smallest absolute Gasteiger partial charge is 0.264 e. The van der Waals surface area contributed by atoms with E-state index in [1.54, 1.807) is 4.57 Å². The fourth-order valence-electron chi connectivity index (χ4n) is 4.08. The van der Waals surface area contributed by atoms with Gasteiger partial charge in [0.15, 0.2) is 5.82 Å². The van der Waals surface area contributed by atoms with Crippen molar-refractivity contribution in [1.82, 2.24) is 24.5 Å². The van der Waals surface area contributed by atoms with E-state index >= 15 is 0 Å². The molecule has 0 amide bonds. The summed E-state index contributed by atoms with van der Waals surface area (Å²) in [5, 5.41) is 22.4. The second-order valence-corrected chi connectivity index (χ2v) is 9.09. The van der Waals surface area contributed by atoms with Gasteiger partial charge < -0.3 is 20.3 Å². The van der Waals surface area contributed by atoms with E-state index in [4.69, 9.17) is 10.8 Å². The Kier molecular flexibility index (Phi) is 4.88. The molecular weight excluding hydrogens is 382 g/mol. The Morgan fingerprint density at radius 2 is 1.93 bits per heavy atom. The zero-order chi connectivity index (χ0) is 21.8. The number of nitrogen functional groups attached to an aromatic ring is 1. The summed E-state index contributed by atoms with van der Waals surface area (Å²) in [5.41, 5.74) is 7.44.